The number of nitrogens with two attached hydrogens (primary N) is 1. The molecule has 7 nitrogen and oxygen atoms in total. The van der Waals surface area contributed by atoms with Crippen LogP contribution in [0.4, 0.5) is 16.8 Å². The molecular formula is C17H18N6OS. The van der Waals surface area contributed by atoms with Crippen molar-refractivity contribution in [3.05, 3.63) is 47.8 Å². The van der Waals surface area contributed by atoms with Crippen LogP contribution in [0.2, 0.25) is 0 Å². The third-order valence-electron chi connectivity index (χ3n) is 3.45. The van der Waals surface area contributed by atoms with Gasteiger partial charge in [0.15, 0.2) is 5.13 Å². The van der Waals surface area contributed by atoms with Crippen molar-refractivity contribution in [2.75, 3.05) is 11.1 Å². The van der Waals surface area contributed by atoms with Gasteiger partial charge in [0.1, 0.15) is 0 Å². The first kappa shape index (κ1) is 16.8. The lowest BCUT2D eigenvalue weighted by atomic mass is 10.2. The third-order valence-corrected chi connectivity index (χ3v) is 4.46. The van der Waals surface area contributed by atoms with Crippen LogP contribution in [0.1, 0.15) is 18.2 Å². The lowest BCUT2D eigenvalue weighted by Gasteiger charge is -2.07. The number of hydrogen-bond donors (Lipinski definition) is 3. The highest BCUT2D eigenvalue weighted by molar-refractivity contribution is 7.18. The number of carbonyl (C=O) groups excluding carboxylic acids is 1. The predicted octanol–water partition coefficient (Wildman–Crippen LogP) is 2.87. The lowest BCUT2D eigenvalue weighted by Crippen LogP contribution is -2.18. The maximum Gasteiger partial charge on any atom is 0.227 e. The van der Waals surface area contributed by atoms with Gasteiger partial charge in [0, 0.05) is 25.4 Å². The number of thiazole rings is 1. The molecule has 0 aliphatic rings. The third kappa shape index (κ3) is 4.30. The zero-order valence-corrected chi connectivity index (χ0v) is 14.7. The zero-order valence-electron chi connectivity index (χ0n) is 13.9. The molecule has 1 aromatic carbocycles. The number of nitrogen functional groups attached to an aromatic ring is 1. The molecule has 0 saturated heterocycles. The van der Waals surface area contributed by atoms with Gasteiger partial charge in [-0.15, -0.1) is 0 Å². The van der Waals surface area contributed by atoms with Crippen molar-refractivity contribution in [3.8, 4) is 10.6 Å². The minimum absolute atomic E-state index is 0.0496. The predicted molar refractivity (Wildman–Crippen MR) is 99.5 cm³/mol. The highest BCUT2D eigenvalue weighted by atomic mass is 32.1. The summed E-state index contributed by atoms with van der Waals surface area (Å²) in [4.78, 5) is 24.9. The number of amides is 1. The quantitative estimate of drug-likeness (QED) is 0.650. The smallest absolute Gasteiger partial charge is 0.227 e. The van der Waals surface area contributed by atoms with Gasteiger partial charge >= 0.3 is 0 Å². The summed E-state index contributed by atoms with van der Waals surface area (Å²) in [5.41, 5.74) is 9.28. The van der Waals surface area contributed by atoms with Crippen LogP contribution in [0, 0.1) is 6.92 Å². The number of nitrogens with zero attached hydrogens (tertiary/aromatic N) is 3. The van der Waals surface area contributed by atoms with Crippen molar-refractivity contribution in [3.63, 3.8) is 0 Å². The van der Waals surface area contributed by atoms with E-state index in [4.69, 9.17) is 5.73 Å². The van der Waals surface area contributed by atoms with Crippen molar-refractivity contribution >= 4 is 34.0 Å². The first-order chi connectivity index (χ1) is 12.0. The molecule has 0 saturated carbocycles. The molecule has 3 aromatic rings. The van der Waals surface area contributed by atoms with E-state index < -0.39 is 0 Å². The Morgan fingerprint density at radius 2 is 1.96 bits per heavy atom. The molecule has 0 bridgehead atoms. The van der Waals surface area contributed by atoms with Crippen LogP contribution in [0.5, 0.6) is 0 Å². The molecule has 0 unspecified atom stereocenters. The number of rotatable bonds is 5. The van der Waals surface area contributed by atoms with Crippen LogP contribution in [0.3, 0.4) is 0 Å². The maximum absolute atomic E-state index is 10.9. The molecule has 4 N–H and O–H groups in total. The van der Waals surface area contributed by atoms with E-state index >= 15 is 0 Å². The molecule has 8 heteroatoms. The highest BCUT2D eigenvalue weighted by Gasteiger charge is 2.10. The molecule has 2 heterocycles. The Labute approximate surface area is 149 Å². The summed E-state index contributed by atoms with van der Waals surface area (Å²) < 4.78 is 0. The van der Waals surface area contributed by atoms with E-state index in [0.29, 0.717) is 17.6 Å². The monoisotopic (exact) mass is 354 g/mol. The van der Waals surface area contributed by atoms with Crippen molar-refractivity contribution < 1.29 is 4.79 Å². The Balaban J connectivity index is 1.74. The number of nitrogens with one attached hydrogen (secondary N) is 2. The molecule has 1 amide bonds. The van der Waals surface area contributed by atoms with Crippen LogP contribution in [-0.4, -0.2) is 20.9 Å². The molecule has 128 valence electrons. The van der Waals surface area contributed by atoms with E-state index in [0.717, 1.165) is 27.5 Å². The Morgan fingerprint density at radius 1 is 1.20 bits per heavy atom. The highest BCUT2D eigenvalue weighted by Crippen LogP contribution is 2.30. The SMILES string of the molecule is CC(=O)NCc1ccc(Nc2nccc(-c3sc(N)nc3C)n2)cc1. The standard InChI is InChI=1S/C17H18N6OS/c1-10-15(25-16(18)21-10)14-7-8-19-17(23-14)22-13-5-3-12(4-6-13)9-20-11(2)24/h3-8H,9H2,1-2H3,(H2,18,21)(H,20,24)(H,19,22,23). The second-order valence-electron chi connectivity index (χ2n) is 5.46. The number of carbonyl (C=O) groups is 1. The number of anilines is 3. The van der Waals surface area contributed by atoms with Crippen molar-refractivity contribution in [1.29, 1.82) is 0 Å². The molecule has 0 aliphatic carbocycles. The second-order valence-corrected chi connectivity index (χ2v) is 6.49. The van der Waals surface area contributed by atoms with Crippen LogP contribution in [0.25, 0.3) is 10.6 Å². The van der Waals surface area contributed by atoms with Crippen molar-refractivity contribution in [2.45, 2.75) is 20.4 Å². The van der Waals surface area contributed by atoms with Gasteiger partial charge in [-0.05, 0) is 30.7 Å². The molecule has 0 aliphatic heterocycles. The van der Waals surface area contributed by atoms with Gasteiger partial charge in [0.2, 0.25) is 11.9 Å². The van der Waals surface area contributed by atoms with Crippen molar-refractivity contribution in [1.82, 2.24) is 20.3 Å². The first-order valence-electron chi connectivity index (χ1n) is 7.68. The van der Waals surface area contributed by atoms with Gasteiger partial charge in [-0.1, -0.05) is 23.5 Å². The minimum atomic E-state index is -0.0496. The molecule has 25 heavy (non-hydrogen) atoms. The van der Waals surface area contributed by atoms with E-state index in [9.17, 15) is 4.79 Å². The normalized spacial score (nSPS) is 10.5. The van der Waals surface area contributed by atoms with Gasteiger partial charge in [-0.3, -0.25) is 4.79 Å². The Bertz CT molecular complexity index is 890. The largest absolute Gasteiger partial charge is 0.375 e. The summed E-state index contributed by atoms with van der Waals surface area (Å²) in [7, 11) is 0. The Kier molecular flexibility index (Phi) is 4.90. The summed E-state index contributed by atoms with van der Waals surface area (Å²) in [6.45, 7) is 3.91. The van der Waals surface area contributed by atoms with Gasteiger partial charge in [-0.2, -0.15) is 0 Å². The fourth-order valence-corrected chi connectivity index (χ4v) is 3.07. The summed E-state index contributed by atoms with van der Waals surface area (Å²) >= 11 is 1.41. The molecule has 2 aromatic heterocycles. The summed E-state index contributed by atoms with van der Waals surface area (Å²) in [5.74, 6) is 0.449. The Morgan fingerprint density at radius 3 is 2.60 bits per heavy atom. The maximum atomic E-state index is 10.9. The van der Waals surface area contributed by atoms with Crippen LogP contribution < -0.4 is 16.4 Å². The fourth-order valence-electron chi connectivity index (χ4n) is 2.26. The molecule has 3 rings (SSSR count). The number of aryl methyl sites for hydroxylation is 1. The van der Waals surface area contributed by atoms with Crippen LogP contribution >= 0.6 is 11.3 Å². The van der Waals surface area contributed by atoms with Gasteiger partial charge in [-0.25, -0.2) is 15.0 Å². The number of benzene rings is 1. The Hall–Kier alpha value is -3.00. The van der Waals surface area contributed by atoms with Gasteiger partial charge < -0.3 is 16.4 Å². The van der Waals surface area contributed by atoms with E-state index in [1.165, 1.54) is 18.3 Å². The molecular weight excluding hydrogens is 336 g/mol. The summed E-state index contributed by atoms with van der Waals surface area (Å²) in [6, 6.07) is 9.56. The average Bonchev–Trinajstić information content (AvgIpc) is 2.93. The second kappa shape index (κ2) is 7.27. The summed E-state index contributed by atoms with van der Waals surface area (Å²) in [6.07, 6.45) is 1.70. The first-order valence-corrected chi connectivity index (χ1v) is 8.49. The average molecular weight is 354 g/mol. The van der Waals surface area contributed by atoms with E-state index in [1.807, 2.05) is 37.3 Å². The van der Waals surface area contributed by atoms with Gasteiger partial charge in [0.25, 0.3) is 0 Å². The topological polar surface area (TPSA) is 106 Å². The minimum Gasteiger partial charge on any atom is -0.375 e. The number of aromatic nitrogens is 3. The van der Waals surface area contributed by atoms with Crippen LogP contribution in [-0.2, 0) is 11.3 Å². The number of hydrogen-bond acceptors (Lipinski definition) is 7. The fraction of sp³-hybridized carbons (Fsp3) is 0.176. The summed E-state index contributed by atoms with van der Waals surface area (Å²) in [5, 5.41) is 6.46. The van der Waals surface area contributed by atoms with E-state index in [1.54, 1.807) is 6.20 Å². The van der Waals surface area contributed by atoms with Gasteiger partial charge in [0.05, 0.1) is 16.3 Å². The molecule has 0 fully saturated rings. The van der Waals surface area contributed by atoms with Crippen LogP contribution in [0.15, 0.2) is 36.5 Å². The molecule has 0 radical (unpaired) electrons. The lowest BCUT2D eigenvalue weighted by molar-refractivity contribution is -0.119. The molecule has 0 atom stereocenters. The molecule has 0 spiro atoms. The van der Waals surface area contributed by atoms with Crippen molar-refractivity contribution in [2.24, 2.45) is 0 Å². The zero-order chi connectivity index (χ0) is 17.8. The van der Waals surface area contributed by atoms with E-state index in [-0.39, 0.29) is 5.91 Å². The van der Waals surface area contributed by atoms with E-state index in [2.05, 4.69) is 25.6 Å².